The second-order valence-electron chi connectivity index (χ2n) is 6.73. The van der Waals surface area contributed by atoms with E-state index in [0.29, 0.717) is 36.8 Å². The molecule has 1 unspecified atom stereocenters. The second kappa shape index (κ2) is 8.31. The Labute approximate surface area is 173 Å². The van der Waals surface area contributed by atoms with Crippen molar-refractivity contribution in [2.45, 2.75) is 38.1 Å². The zero-order valence-electron chi connectivity index (χ0n) is 15.2. The molecular formula is C17H18BrFN6O4. The molecule has 154 valence electrons. The van der Waals surface area contributed by atoms with E-state index >= 15 is 0 Å². The number of nitrogens with zero attached hydrogens (tertiary/aromatic N) is 6. The minimum absolute atomic E-state index is 0.00675. The molecule has 0 amide bonds. The monoisotopic (exact) mass is 468 g/mol. The first-order chi connectivity index (χ1) is 14.0. The van der Waals surface area contributed by atoms with Crippen LogP contribution in [-0.4, -0.2) is 61.8 Å². The Bertz CT molecular complexity index is 949. The maximum Gasteiger partial charge on any atom is 0.327 e. The first-order valence-corrected chi connectivity index (χ1v) is 9.87. The van der Waals surface area contributed by atoms with Gasteiger partial charge in [0.05, 0.1) is 4.48 Å². The number of alkyl halides is 1. The number of tetrazole rings is 1. The third kappa shape index (κ3) is 4.63. The normalized spacial score (nSPS) is 20.3. The molecule has 0 aromatic carbocycles. The number of anilines is 1. The van der Waals surface area contributed by atoms with Crippen molar-refractivity contribution in [1.29, 1.82) is 0 Å². The largest absolute Gasteiger partial charge is 0.489 e. The highest BCUT2D eigenvalue weighted by molar-refractivity contribution is 9.11. The number of halogens is 2. The predicted octanol–water partition coefficient (Wildman–Crippen LogP) is 2.30. The Balaban J connectivity index is 1.34. The summed E-state index contributed by atoms with van der Waals surface area (Å²) < 4.78 is 25.6. The second-order valence-corrected chi connectivity index (χ2v) is 7.58. The minimum atomic E-state index is -1.06. The highest BCUT2D eigenvalue weighted by Crippen LogP contribution is 2.30. The summed E-state index contributed by atoms with van der Waals surface area (Å²) in [5.74, 6) is 0.609. The molecule has 1 fully saturated rings. The number of aliphatic carboxylic acids is 1. The fraction of sp³-hybridized carbons (Fsp3) is 0.471. The van der Waals surface area contributed by atoms with Crippen molar-refractivity contribution in [2.75, 3.05) is 18.0 Å². The van der Waals surface area contributed by atoms with Gasteiger partial charge in [-0.25, -0.2) is 4.39 Å². The van der Waals surface area contributed by atoms with Crippen molar-refractivity contribution >= 4 is 27.7 Å². The minimum Gasteiger partial charge on any atom is -0.489 e. The van der Waals surface area contributed by atoms with Gasteiger partial charge in [-0.3, -0.25) is 4.79 Å². The summed E-state index contributed by atoms with van der Waals surface area (Å²) in [6, 6.07) is 1.69. The molecule has 2 aromatic heterocycles. The summed E-state index contributed by atoms with van der Waals surface area (Å²) in [5, 5.41) is 24.2. The lowest BCUT2D eigenvalue weighted by atomic mass is 10.1. The Hall–Kier alpha value is -2.76. The first kappa shape index (κ1) is 19.6. The van der Waals surface area contributed by atoms with E-state index in [1.165, 1.54) is 6.08 Å². The van der Waals surface area contributed by atoms with Crippen molar-refractivity contribution in [1.82, 2.24) is 25.4 Å². The number of carboxylic acids is 1. The predicted molar refractivity (Wildman–Crippen MR) is 102 cm³/mol. The molecule has 1 saturated heterocycles. The van der Waals surface area contributed by atoms with Crippen LogP contribution in [0.15, 0.2) is 33.0 Å². The van der Waals surface area contributed by atoms with Gasteiger partial charge in [0.1, 0.15) is 18.0 Å². The zero-order chi connectivity index (χ0) is 20.4. The van der Waals surface area contributed by atoms with Gasteiger partial charge < -0.3 is 19.3 Å². The maximum atomic E-state index is 13.6. The molecule has 0 saturated carbocycles. The number of allylic oxidation sites excluding steroid dienone is 3. The van der Waals surface area contributed by atoms with Crippen LogP contribution in [0.1, 0.15) is 19.3 Å². The van der Waals surface area contributed by atoms with Crippen molar-refractivity contribution in [3.8, 4) is 11.6 Å². The van der Waals surface area contributed by atoms with Crippen LogP contribution < -0.4 is 4.90 Å². The van der Waals surface area contributed by atoms with E-state index in [1.807, 2.05) is 4.90 Å². The van der Waals surface area contributed by atoms with Gasteiger partial charge in [0.15, 0.2) is 12.4 Å². The number of aromatic nitrogens is 5. The molecule has 2 aliphatic rings. The molecule has 1 N–H and O–H groups in total. The molecule has 1 atom stereocenters. The molecule has 3 heterocycles. The lowest BCUT2D eigenvalue weighted by Crippen LogP contribution is -2.37. The van der Waals surface area contributed by atoms with Gasteiger partial charge in [-0.05, 0) is 27.2 Å². The molecule has 12 heteroatoms. The van der Waals surface area contributed by atoms with Crippen LogP contribution >= 0.6 is 15.9 Å². The summed E-state index contributed by atoms with van der Waals surface area (Å²) >= 11 is 3.41. The van der Waals surface area contributed by atoms with Crippen molar-refractivity contribution in [3.63, 3.8) is 0 Å². The highest BCUT2D eigenvalue weighted by Gasteiger charge is 2.26. The van der Waals surface area contributed by atoms with Gasteiger partial charge in [0, 0.05) is 38.4 Å². The summed E-state index contributed by atoms with van der Waals surface area (Å²) in [6.45, 7) is 1.01. The maximum absolute atomic E-state index is 13.6. The summed E-state index contributed by atoms with van der Waals surface area (Å²) in [7, 11) is 0. The quantitative estimate of drug-likeness (QED) is 0.680. The molecule has 29 heavy (non-hydrogen) atoms. The molecular weight excluding hydrogens is 451 g/mol. The van der Waals surface area contributed by atoms with Crippen LogP contribution in [0.25, 0.3) is 11.6 Å². The first-order valence-electron chi connectivity index (χ1n) is 9.08. The Morgan fingerprint density at radius 2 is 2.21 bits per heavy atom. The van der Waals surface area contributed by atoms with E-state index in [9.17, 15) is 9.18 Å². The van der Waals surface area contributed by atoms with Gasteiger partial charge in [-0.2, -0.15) is 4.80 Å². The highest BCUT2D eigenvalue weighted by atomic mass is 79.9. The van der Waals surface area contributed by atoms with E-state index in [-0.39, 0.29) is 18.5 Å². The van der Waals surface area contributed by atoms with Gasteiger partial charge in [-0.1, -0.05) is 11.2 Å². The molecule has 10 nitrogen and oxygen atoms in total. The number of piperidine rings is 1. The molecule has 4 rings (SSSR count). The smallest absolute Gasteiger partial charge is 0.327 e. The number of carboxylic acid groups (broad SMARTS) is 1. The van der Waals surface area contributed by atoms with E-state index in [0.717, 1.165) is 22.1 Å². The SMILES string of the molecule is O=C(O)Cn1nnc(-c2cc(N3CCC(OC4=CC(F)CC=C4Br)CC3)no2)n1. The Morgan fingerprint density at radius 1 is 1.41 bits per heavy atom. The topological polar surface area (TPSA) is 119 Å². The fourth-order valence-electron chi connectivity index (χ4n) is 3.16. The van der Waals surface area contributed by atoms with Crippen molar-refractivity contribution in [2.24, 2.45) is 0 Å². The number of ether oxygens (including phenoxy) is 1. The fourth-order valence-corrected chi connectivity index (χ4v) is 3.57. The third-order valence-electron chi connectivity index (χ3n) is 4.60. The zero-order valence-corrected chi connectivity index (χ0v) is 16.8. The Morgan fingerprint density at radius 3 is 2.97 bits per heavy atom. The van der Waals surface area contributed by atoms with E-state index < -0.39 is 12.1 Å². The van der Waals surface area contributed by atoms with E-state index in [1.54, 1.807) is 12.1 Å². The number of hydrogen-bond donors (Lipinski definition) is 1. The van der Waals surface area contributed by atoms with Gasteiger partial charge in [-0.15, -0.1) is 10.2 Å². The van der Waals surface area contributed by atoms with Crippen molar-refractivity contribution < 1.29 is 23.6 Å². The summed E-state index contributed by atoms with van der Waals surface area (Å²) in [5.41, 5.74) is 0. The van der Waals surface area contributed by atoms with E-state index in [2.05, 4.69) is 36.5 Å². The van der Waals surface area contributed by atoms with E-state index in [4.69, 9.17) is 14.4 Å². The van der Waals surface area contributed by atoms with Gasteiger partial charge in [0.2, 0.25) is 11.6 Å². The molecule has 0 spiro atoms. The van der Waals surface area contributed by atoms with Crippen LogP contribution in [-0.2, 0) is 16.1 Å². The van der Waals surface area contributed by atoms with Crippen LogP contribution in [0.5, 0.6) is 0 Å². The number of carbonyl (C=O) groups is 1. The van der Waals surface area contributed by atoms with Crippen molar-refractivity contribution in [3.05, 3.63) is 28.5 Å². The van der Waals surface area contributed by atoms with Crippen LogP contribution in [0, 0.1) is 0 Å². The molecule has 1 aliphatic carbocycles. The summed E-state index contributed by atoms with van der Waals surface area (Å²) in [6.07, 6.45) is 4.14. The number of hydrogen-bond acceptors (Lipinski definition) is 8. The van der Waals surface area contributed by atoms with Crippen LogP contribution in [0.2, 0.25) is 0 Å². The summed E-state index contributed by atoms with van der Waals surface area (Å²) in [4.78, 5) is 13.7. The Kier molecular flexibility index (Phi) is 5.60. The van der Waals surface area contributed by atoms with Crippen LogP contribution in [0.4, 0.5) is 10.2 Å². The molecule has 1 aliphatic heterocycles. The molecule has 0 bridgehead atoms. The number of rotatable bonds is 6. The molecule has 2 aromatic rings. The molecule has 0 radical (unpaired) electrons. The van der Waals surface area contributed by atoms with Crippen LogP contribution in [0.3, 0.4) is 0 Å². The van der Waals surface area contributed by atoms with Gasteiger partial charge >= 0.3 is 5.97 Å². The third-order valence-corrected chi connectivity index (χ3v) is 5.31. The lowest BCUT2D eigenvalue weighted by molar-refractivity contribution is -0.138. The van der Waals surface area contributed by atoms with Gasteiger partial charge in [0.25, 0.3) is 0 Å². The standard InChI is InChI=1S/C17H18BrFN6O4/c18-12-2-1-10(19)7-13(12)28-11-3-5-24(6-4-11)15-8-14(29-22-15)17-20-23-25(21-17)9-16(26)27/h2,7-8,10-11H,1,3-6,9H2,(H,26,27). The average molecular weight is 469 g/mol. The average Bonchev–Trinajstić information content (AvgIpc) is 3.34. The lowest BCUT2D eigenvalue weighted by Gasteiger charge is -2.32.